The maximum absolute atomic E-state index is 13.1. The maximum Gasteiger partial charge on any atom is 0.307 e. The molecule has 0 unspecified atom stereocenters. The smallest absolute Gasteiger partial charge is 0.307 e. The summed E-state index contributed by atoms with van der Waals surface area (Å²) in [6, 6.07) is 8.63. The lowest BCUT2D eigenvalue weighted by atomic mass is 10.1. The van der Waals surface area contributed by atoms with E-state index in [0.29, 0.717) is 11.4 Å². The number of ether oxygens (including phenoxy) is 1. The lowest BCUT2D eigenvalue weighted by Crippen LogP contribution is -2.47. The molecule has 0 saturated heterocycles. The fourth-order valence-electron chi connectivity index (χ4n) is 3.29. The van der Waals surface area contributed by atoms with E-state index in [2.05, 4.69) is 5.32 Å². The van der Waals surface area contributed by atoms with Gasteiger partial charge >= 0.3 is 4.87 Å². The summed E-state index contributed by atoms with van der Waals surface area (Å²) < 4.78 is 33.6. The lowest BCUT2D eigenvalue weighted by molar-refractivity contribution is -0.117. The molecule has 0 aliphatic carbocycles. The molecule has 0 radical (unpaired) electrons. The predicted octanol–water partition coefficient (Wildman–Crippen LogP) is 3.45. The zero-order chi connectivity index (χ0) is 22.9. The summed E-state index contributed by atoms with van der Waals surface area (Å²) >= 11 is 7.25. The van der Waals surface area contributed by atoms with Crippen LogP contribution in [-0.2, 0) is 21.9 Å². The topological polar surface area (TPSA) is 97.7 Å². The van der Waals surface area contributed by atoms with Crippen LogP contribution in [-0.4, -0.2) is 38.3 Å². The van der Waals surface area contributed by atoms with E-state index in [-0.39, 0.29) is 22.0 Å². The largest absolute Gasteiger partial charge is 0.495 e. The highest BCUT2D eigenvalue weighted by Crippen LogP contribution is 2.32. The molecule has 3 rings (SSSR count). The maximum atomic E-state index is 13.1. The summed E-state index contributed by atoms with van der Waals surface area (Å²) in [6.07, 6.45) is 1.26. The third-order valence-electron chi connectivity index (χ3n) is 4.78. The van der Waals surface area contributed by atoms with Crippen molar-refractivity contribution in [1.82, 2.24) is 4.57 Å². The summed E-state index contributed by atoms with van der Waals surface area (Å²) in [7, 11) is -0.676. The molecule has 3 aromatic rings. The van der Waals surface area contributed by atoms with Crippen molar-refractivity contribution in [2.75, 3.05) is 23.0 Å². The lowest BCUT2D eigenvalue weighted by Gasteiger charge is -2.30. The van der Waals surface area contributed by atoms with E-state index in [0.717, 1.165) is 32.1 Å². The Balaban J connectivity index is 1.96. The zero-order valence-corrected chi connectivity index (χ0v) is 19.8. The van der Waals surface area contributed by atoms with Crippen LogP contribution in [0.15, 0.2) is 41.2 Å². The van der Waals surface area contributed by atoms with Crippen molar-refractivity contribution < 1.29 is 17.9 Å². The van der Waals surface area contributed by atoms with Gasteiger partial charge in [0.2, 0.25) is 15.9 Å². The number of fused-ring (bicyclic) bond motifs is 1. The van der Waals surface area contributed by atoms with Gasteiger partial charge in [-0.25, -0.2) is 8.42 Å². The molecule has 0 saturated carbocycles. The molecule has 1 heterocycles. The molecule has 0 aliphatic rings. The molecule has 0 spiro atoms. The standard InChI is InChI=1S/C20H22ClN3O5S2/c1-5-15(24(31(4,27)28)13-7-9-17(29-3)14(21)11-13)19(25)22-12-6-8-16-18(10-12)30-20(26)23(16)2/h6-11,15H,5H2,1-4H3,(H,22,25)/t15-/m0/s1. The van der Waals surface area contributed by atoms with E-state index in [4.69, 9.17) is 16.3 Å². The molecular formula is C20H22ClN3O5S2. The zero-order valence-electron chi connectivity index (χ0n) is 17.4. The number of halogens is 1. The molecule has 166 valence electrons. The Morgan fingerprint density at radius 1 is 1.29 bits per heavy atom. The number of carbonyl (C=O) groups is 1. The van der Waals surface area contributed by atoms with Crippen molar-refractivity contribution in [1.29, 1.82) is 0 Å². The first-order valence-electron chi connectivity index (χ1n) is 9.30. The Kier molecular flexibility index (Phi) is 6.63. The van der Waals surface area contributed by atoms with E-state index in [1.165, 1.54) is 23.8 Å². The summed E-state index contributed by atoms with van der Waals surface area (Å²) in [4.78, 5) is 24.8. The van der Waals surface area contributed by atoms with Crippen molar-refractivity contribution in [3.05, 3.63) is 51.1 Å². The minimum absolute atomic E-state index is 0.107. The third-order valence-corrected chi connectivity index (χ3v) is 7.25. The highest BCUT2D eigenvalue weighted by Gasteiger charge is 2.32. The van der Waals surface area contributed by atoms with Gasteiger partial charge in [-0.3, -0.25) is 13.9 Å². The number of aryl methyl sites for hydroxylation is 1. The Morgan fingerprint density at radius 3 is 2.58 bits per heavy atom. The fraction of sp³-hybridized carbons (Fsp3) is 0.300. The summed E-state index contributed by atoms with van der Waals surface area (Å²) in [5.74, 6) is -0.103. The van der Waals surface area contributed by atoms with Gasteiger partial charge in [-0.15, -0.1) is 0 Å². The van der Waals surface area contributed by atoms with E-state index in [1.54, 1.807) is 38.2 Å². The summed E-state index contributed by atoms with van der Waals surface area (Å²) in [5.41, 5.74) is 1.48. The van der Waals surface area contributed by atoms with Crippen LogP contribution < -0.4 is 19.2 Å². The molecule has 0 fully saturated rings. The first-order chi connectivity index (χ1) is 14.6. The van der Waals surface area contributed by atoms with Crippen LogP contribution in [0.5, 0.6) is 5.75 Å². The van der Waals surface area contributed by atoms with Gasteiger partial charge in [0.1, 0.15) is 11.8 Å². The summed E-state index contributed by atoms with van der Waals surface area (Å²) in [5, 5.41) is 3.00. The van der Waals surface area contributed by atoms with Crippen LogP contribution in [0.1, 0.15) is 13.3 Å². The number of sulfonamides is 1. The number of carbonyl (C=O) groups excluding carboxylic acids is 1. The van der Waals surface area contributed by atoms with Gasteiger partial charge in [0.25, 0.3) is 0 Å². The van der Waals surface area contributed by atoms with Gasteiger partial charge in [-0.05, 0) is 42.8 Å². The molecule has 11 heteroatoms. The van der Waals surface area contributed by atoms with Gasteiger partial charge in [0.05, 0.1) is 34.3 Å². The number of amides is 1. The highest BCUT2D eigenvalue weighted by molar-refractivity contribution is 7.92. The molecule has 31 heavy (non-hydrogen) atoms. The average Bonchev–Trinajstić information content (AvgIpc) is 2.98. The molecule has 1 atom stereocenters. The number of nitrogens with zero attached hydrogens (tertiary/aromatic N) is 2. The van der Waals surface area contributed by atoms with Gasteiger partial charge in [-0.1, -0.05) is 29.9 Å². The highest BCUT2D eigenvalue weighted by atomic mass is 35.5. The molecule has 8 nitrogen and oxygen atoms in total. The Bertz CT molecular complexity index is 1300. The molecule has 1 aromatic heterocycles. The van der Waals surface area contributed by atoms with Crippen molar-refractivity contribution >= 4 is 60.5 Å². The van der Waals surface area contributed by atoms with Crippen LogP contribution >= 0.6 is 22.9 Å². The summed E-state index contributed by atoms with van der Waals surface area (Å²) in [6.45, 7) is 1.72. The molecule has 0 aliphatic heterocycles. The van der Waals surface area contributed by atoms with E-state index < -0.39 is 22.0 Å². The number of rotatable bonds is 7. The number of benzene rings is 2. The van der Waals surface area contributed by atoms with Crippen molar-refractivity contribution in [2.24, 2.45) is 7.05 Å². The third kappa shape index (κ3) is 4.70. The normalized spacial score (nSPS) is 12.5. The Labute approximate surface area is 189 Å². The second-order valence-corrected chi connectivity index (χ2v) is 10.2. The monoisotopic (exact) mass is 483 g/mol. The van der Waals surface area contributed by atoms with Crippen LogP contribution in [0, 0.1) is 0 Å². The number of thiazole rings is 1. The number of hydrogen-bond donors (Lipinski definition) is 1. The van der Waals surface area contributed by atoms with E-state index in [9.17, 15) is 18.0 Å². The Morgan fingerprint density at radius 2 is 2.00 bits per heavy atom. The molecule has 0 bridgehead atoms. The Hall–Kier alpha value is -2.56. The number of nitrogens with one attached hydrogen (secondary N) is 1. The molecule has 1 N–H and O–H groups in total. The number of aromatic nitrogens is 1. The number of anilines is 2. The van der Waals surface area contributed by atoms with Gasteiger partial charge in [0.15, 0.2) is 0 Å². The second-order valence-electron chi connectivity index (χ2n) is 6.90. The van der Waals surface area contributed by atoms with Crippen LogP contribution in [0.4, 0.5) is 11.4 Å². The second kappa shape index (κ2) is 8.89. The van der Waals surface area contributed by atoms with E-state index in [1.807, 2.05) is 0 Å². The van der Waals surface area contributed by atoms with E-state index >= 15 is 0 Å². The molecule has 2 aromatic carbocycles. The van der Waals surface area contributed by atoms with Crippen molar-refractivity contribution in [3.63, 3.8) is 0 Å². The fourth-order valence-corrected chi connectivity index (χ4v) is 5.66. The first kappa shape index (κ1) is 23.1. The van der Waals surface area contributed by atoms with Crippen LogP contribution in [0.25, 0.3) is 10.2 Å². The SMILES string of the molecule is CC[C@@H](C(=O)Nc1ccc2c(c1)sc(=O)n2C)N(c1ccc(OC)c(Cl)c1)S(C)(=O)=O. The van der Waals surface area contributed by atoms with Crippen LogP contribution in [0.3, 0.4) is 0 Å². The number of hydrogen-bond acceptors (Lipinski definition) is 6. The van der Waals surface area contributed by atoms with Gasteiger partial charge < -0.3 is 14.6 Å². The van der Waals surface area contributed by atoms with Gasteiger partial charge in [0, 0.05) is 12.7 Å². The first-order valence-corrected chi connectivity index (χ1v) is 12.3. The minimum atomic E-state index is -3.81. The average molecular weight is 484 g/mol. The minimum Gasteiger partial charge on any atom is -0.495 e. The van der Waals surface area contributed by atoms with Crippen molar-refractivity contribution in [3.8, 4) is 5.75 Å². The predicted molar refractivity (Wildman–Crippen MR) is 125 cm³/mol. The van der Waals surface area contributed by atoms with Crippen LogP contribution in [0.2, 0.25) is 5.02 Å². The number of methoxy groups -OCH3 is 1. The molecular weight excluding hydrogens is 462 g/mol. The molecule has 1 amide bonds. The quantitative estimate of drug-likeness (QED) is 0.555. The van der Waals surface area contributed by atoms with Crippen molar-refractivity contribution in [2.45, 2.75) is 19.4 Å². The van der Waals surface area contributed by atoms with Gasteiger partial charge in [-0.2, -0.15) is 0 Å².